The molecule has 0 bridgehead atoms. The molecule has 0 radical (unpaired) electrons. The van der Waals surface area contributed by atoms with Crippen LogP contribution in [0.5, 0.6) is 11.5 Å². The summed E-state index contributed by atoms with van der Waals surface area (Å²) in [6.45, 7) is 4.06. The van der Waals surface area contributed by atoms with E-state index in [1.807, 2.05) is 18.2 Å². The second-order valence-electron chi connectivity index (χ2n) is 6.18. The molecule has 2 aromatic rings. The van der Waals surface area contributed by atoms with Crippen molar-refractivity contribution in [2.75, 3.05) is 31.2 Å². The van der Waals surface area contributed by atoms with E-state index in [9.17, 15) is 0 Å². The summed E-state index contributed by atoms with van der Waals surface area (Å²) in [6, 6.07) is 10.6. The SMILES string of the molecule is c1cnnc(N2CCCC2CNCc2ccc3c(c2)OCCO3)c1. The lowest BCUT2D eigenvalue weighted by atomic mass is 10.1. The molecule has 0 spiro atoms. The molecule has 1 aromatic carbocycles. The Balaban J connectivity index is 1.34. The number of rotatable bonds is 5. The summed E-state index contributed by atoms with van der Waals surface area (Å²) in [4.78, 5) is 2.35. The van der Waals surface area contributed by atoms with E-state index < -0.39 is 0 Å². The number of nitrogens with zero attached hydrogens (tertiary/aromatic N) is 3. The first-order chi connectivity index (χ1) is 11.9. The average molecular weight is 326 g/mol. The molecule has 1 unspecified atom stereocenters. The van der Waals surface area contributed by atoms with Crippen molar-refractivity contribution in [3.63, 3.8) is 0 Å². The maximum absolute atomic E-state index is 5.64. The zero-order valence-electron chi connectivity index (χ0n) is 13.6. The van der Waals surface area contributed by atoms with Gasteiger partial charge in [0.05, 0.1) is 0 Å². The molecule has 2 aliphatic heterocycles. The maximum atomic E-state index is 5.64. The fourth-order valence-corrected chi connectivity index (χ4v) is 3.38. The molecule has 4 rings (SSSR count). The first kappa shape index (κ1) is 15.2. The van der Waals surface area contributed by atoms with Gasteiger partial charge < -0.3 is 19.7 Å². The van der Waals surface area contributed by atoms with E-state index >= 15 is 0 Å². The van der Waals surface area contributed by atoms with Gasteiger partial charge in [-0.15, -0.1) is 5.10 Å². The van der Waals surface area contributed by atoms with Gasteiger partial charge >= 0.3 is 0 Å². The van der Waals surface area contributed by atoms with Crippen LogP contribution in [0.1, 0.15) is 18.4 Å². The van der Waals surface area contributed by atoms with Crippen LogP contribution in [-0.2, 0) is 6.54 Å². The minimum absolute atomic E-state index is 0.471. The normalized spacial score (nSPS) is 19.5. The van der Waals surface area contributed by atoms with Crippen molar-refractivity contribution < 1.29 is 9.47 Å². The standard InChI is InChI=1S/C18H22N4O2/c1-4-18(21-20-7-1)22-8-2-3-15(22)13-19-12-14-5-6-16-17(11-14)24-10-9-23-16/h1,4-7,11,15,19H,2-3,8-10,12-13H2. The van der Waals surface area contributed by atoms with Crippen molar-refractivity contribution in [1.29, 1.82) is 0 Å². The Morgan fingerprint density at radius 2 is 2.08 bits per heavy atom. The third-order valence-electron chi connectivity index (χ3n) is 4.55. The second kappa shape index (κ2) is 7.05. The van der Waals surface area contributed by atoms with E-state index in [0.29, 0.717) is 19.3 Å². The smallest absolute Gasteiger partial charge is 0.161 e. The molecule has 1 atom stereocenters. The lowest BCUT2D eigenvalue weighted by Crippen LogP contribution is -2.38. The minimum atomic E-state index is 0.471. The predicted molar refractivity (Wildman–Crippen MR) is 91.5 cm³/mol. The zero-order chi connectivity index (χ0) is 16.2. The van der Waals surface area contributed by atoms with Crippen LogP contribution in [0.4, 0.5) is 5.82 Å². The highest BCUT2D eigenvalue weighted by molar-refractivity contribution is 5.44. The Morgan fingerprint density at radius 1 is 1.17 bits per heavy atom. The highest BCUT2D eigenvalue weighted by atomic mass is 16.6. The summed E-state index contributed by atoms with van der Waals surface area (Å²) in [6.07, 6.45) is 4.10. The van der Waals surface area contributed by atoms with Crippen LogP contribution in [-0.4, -0.2) is 42.5 Å². The summed E-state index contributed by atoms with van der Waals surface area (Å²) < 4.78 is 11.2. The summed E-state index contributed by atoms with van der Waals surface area (Å²) in [5, 5.41) is 11.8. The lowest BCUT2D eigenvalue weighted by Gasteiger charge is -2.25. The molecule has 1 N–H and O–H groups in total. The molecule has 1 aromatic heterocycles. The van der Waals surface area contributed by atoms with Crippen molar-refractivity contribution in [3.8, 4) is 11.5 Å². The lowest BCUT2D eigenvalue weighted by molar-refractivity contribution is 0.171. The summed E-state index contributed by atoms with van der Waals surface area (Å²) in [5.41, 5.74) is 1.21. The Hall–Kier alpha value is -2.34. The van der Waals surface area contributed by atoms with Gasteiger partial charge in [0.15, 0.2) is 17.3 Å². The Kier molecular flexibility index (Phi) is 4.46. The number of anilines is 1. The maximum Gasteiger partial charge on any atom is 0.161 e. The predicted octanol–water partition coefficient (Wildman–Crippen LogP) is 2.01. The molecule has 1 fully saturated rings. The first-order valence-electron chi connectivity index (χ1n) is 8.54. The summed E-state index contributed by atoms with van der Waals surface area (Å²) in [5.74, 6) is 2.67. The monoisotopic (exact) mass is 326 g/mol. The largest absolute Gasteiger partial charge is 0.486 e. The number of nitrogens with one attached hydrogen (secondary N) is 1. The van der Waals surface area contributed by atoms with Crippen LogP contribution in [0.15, 0.2) is 36.5 Å². The van der Waals surface area contributed by atoms with Crippen LogP contribution in [0.2, 0.25) is 0 Å². The average Bonchev–Trinajstić information content (AvgIpc) is 3.11. The fraction of sp³-hybridized carbons (Fsp3) is 0.444. The van der Waals surface area contributed by atoms with E-state index in [4.69, 9.17) is 9.47 Å². The van der Waals surface area contributed by atoms with E-state index in [-0.39, 0.29) is 0 Å². The number of fused-ring (bicyclic) bond motifs is 1. The highest BCUT2D eigenvalue weighted by Crippen LogP contribution is 2.30. The summed E-state index contributed by atoms with van der Waals surface area (Å²) in [7, 11) is 0. The first-order valence-corrected chi connectivity index (χ1v) is 8.54. The number of ether oxygens (including phenoxy) is 2. The summed E-state index contributed by atoms with van der Waals surface area (Å²) >= 11 is 0. The van der Waals surface area contributed by atoms with Gasteiger partial charge in [-0.3, -0.25) is 0 Å². The Labute approximate surface area is 141 Å². The molecular formula is C18H22N4O2. The van der Waals surface area contributed by atoms with Gasteiger partial charge in [0, 0.05) is 31.9 Å². The fourth-order valence-electron chi connectivity index (χ4n) is 3.38. The molecule has 3 heterocycles. The number of hydrogen-bond donors (Lipinski definition) is 1. The van der Waals surface area contributed by atoms with Crippen LogP contribution >= 0.6 is 0 Å². The van der Waals surface area contributed by atoms with E-state index in [1.165, 1.54) is 18.4 Å². The molecule has 0 amide bonds. The molecule has 2 aliphatic rings. The number of benzene rings is 1. The van der Waals surface area contributed by atoms with Crippen molar-refractivity contribution in [3.05, 3.63) is 42.1 Å². The van der Waals surface area contributed by atoms with Crippen LogP contribution < -0.4 is 19.7 Å². The van der Waals surface area contributed by atoms with E-state index in [0.717, 1.165) is 37.0 Å². The third kappa shape index (κ3) is 3.28. The topological polar surface area (TPSA) is 59.5 Å². The molecule has 6 nitrogen and oxygen atoms in total. The van der Waals surface area contributed by atoms with E-state index in [1.54, 1.807) is 6.20 Å². The van der Waals surface area contributed by atoms with Crippen LogP contribution in [0.25, 0.3) is 0 Å². The van der Waals surface area contributed by atoms with Gasteiger partial charge in [-0.05, 0) is 42.7 Å². The third-order valence-corrected chi connectivity index (χ3v) is 4.55. The highest BCUT2D eigenvalue weighted by Gasteiger charge is 2.25. The Bertz CT molecular complexity index is 680. The quantitative estimate of drug-likeness (QED) is 0.907. The van der Waals surface area contributed by atoms with Gasteiger partial charge in [0.25, 0.3) is 0 Å². The van der Waals surface area contributed by atoms with Gasteiger partial charge in [-0.25, -0.2) is 0 Å². The van der Waals surface area contributed by atoms with Crippen molar-refractivity contribution in [2.45, 2.75) is 25.4 Å². The molecule has 0 saturated carbocycles. The van der Waals surface area contributed by atoms with Crippen molar-refractivity contribution >= 4 is 5.82 Å². The zero-order valence-corrected chi connectivity index (χ0v) is 13.6. The molecule has 6 heteroatoms. The van der Waals surface area contributed by atoms with Crippen LogP contribution in [0, 0.1) is 0 Å². The number of hydrogen-bond acceptors (Lipinski definition) is 6. The van der Waals surface area contributed by atoms with Gasteiger partial charge in [-0.2, -0.15) is 5.10 Å². The van der Waals surface area contributed by atoms with Gasteiger partial charge in [-0.1, -0.05) is 6.07 Å². The van der Waals surface area contributed by atoms with Crippen LogP contribution in [0.3, 0.4) is 0 Å². The van der Waals surface area contributed by atoms with E-state index in [2.05, 4.69) is 32.5 Å². The minimum Gasteiger partial charge on any atom is -0.486 e. The van der Waals surface area contributed by atoms with Gasteiger partial charge in [0.2, 0.25) is 0 Å². The van der Waals surface area contributed by atoms with Crippen molar-refractivity contribution in [2.24, 2.45) is 0 Å². The Morgan fingerprint density at radius 3 is 2.96 bits per heavy atom. The molecule has 126 valence electrons. The second-order valence-corrected chi connectivity index (χ2v) is 6.18. The molecule has 0 aliphatic carbocycles. The van der Waals surface area contributed by atoms with Gasteiger partial charge in [0.1, 0.15) is 13.2 Å². The molecule has 24 heavy (non-hydrogen) atoms. The number of aromatic nitrogens is 2. The molecule has 1 saturated heterocycles. The van der Waals surface area contributed by atoms with Crippen molar-refractivity contribution in [1.82, 2.24) is 15.5 Å². The molecular weight excluding hydrogens is 304 g/mol.